The minimum Gasteiger partial charge on any atom is -0.462 e. The van der Waals surface area contributed by atoms with Crippen molar-refractivity contribution in [1.82, 2.24) is 4.98 Å². The highest BCUT2D eigenvalue weighted by Gasteiger charge is 2.11. The van der Waals surface area contributed by atoms with Crippen molar-refractivity contribution >= 4 is 17.6 Å². The van der Waals surface area contributed by atoms with Gasteiger partial charge in [-0.05, 0) is 19.1 Å². The lowest BCUT2D eigenvalue weighted by Crippen LogP contribution is -2.10. The summed E-state index contributed by atoms with van der Waals surface area (Å²) in [5.41, 5.74) is 5.87. The summed E-state index contributed by atoms with van der Waals surface area (Å²) in [4.78, 5) is 15.3. The average Bonchev–Trinajstić information content (AvgIpc) is 2.17. The fraction of sp³-hybridized carbons (Fsp3) is 0.333. The Morgan fingerprint density at radius 1 is 1.64 bits per heavy atom. The fourth-order valence-electron chi connectivity index (χ4n) is 0.996. The molecule has 0 fully saturated rings. The highest BCUT2D eigenvalue weighted by Crippen LogP contribution is 2.13. The highest BCUT2D eigenvalue weighted by molar-refractivity contribution is 5.94. The largest absolute Gasteiger partial charge is 0.462 e. The lowest BCUT2D eigenvalue weighted by Gasteiger charge is -2.05. The summed E-state index contributed by atoms with van der Waals surface area (Å²) in [6, 6.07) is 3.26. The van der Waals surface area contributed by atoms with Crippen LogP contribution in [0.25, 0.3) is 0 Å². The van der Waals surface area contributed by atoms with Crippen molar-refractivity contribution in [3.63, 3.8) is 0 Å². The van der Waals surface area contributed by atoms with Gasteiger partial charge in [0.15, 0.2) is 0 Å². The van der Waals surface area contributed by atoms with Crippen LogP contribution in [0.5, 0.6) is 0 Å². The fourth-order valence-corrected chi connectivity index (χ4v) is 0.996. The van der Waals surface area contributed by atoms with Gasteiger partial charge in [0.25, 0.3) is 0 Å². The number of nitrogen functional groups attached to an aromatic ring is 1. The molecule has 0 saturated heterocycles. The summed E-state index contributed by atoms with van der Waals surface area (Å²) in [6.07, 6.45) is 0. The molecule has 1 aromatic heterocycles. The van der Waals surface area contributed by atoms with E-state index in [1.165, 1.54) is 0 Å². The Balaban J connectivity index is 2.94. The smallest absolute Gasteiger partial charge is 0.341 e. The van der Waals surface area contributed by atoms with Gasteiger partial charge in [0.1, 0.15) is 17.2 Å². The molecule has 0 aliphatic heterocycles. The third-order valence-electron chi connectivity index (χ3n) is 1.68. The number of nitrogens with one attached hydrogen (secondary N) is 1. The van der Waals surface area contributed by atoms with E-state index in [2.05, 4.69) is 10.3 Å². The zero-order valence-electron chi connectivity index (χ0n) is 8.20. The van der Waals surface area contributed by atoms with Gasteiger partial charge in [0.2, 0.25) is 0 Å². The first-order chi connectivity index (χ1) is 6.69. The number of hydrogen-bond acceptors (Lipinski definition) is 5. The van der Waals surface area contributed by atoms with Crippen LogP contribution in [-0.4, -0.2) is 24.6 Å². The third kappa shape index (κ3) is 2.12. The molecule has 0 aromatic carbocycles. The van der Waals surface area contributed by atoms with Crippen molar-refractivity contribution < 1.29 is 9.53 Å². The number of nitrogens with zero attached hydrogens (tertiary/aromatic N) is 1. The molecule has 0 aliphatic rings. The minimum atomic E-state index is -0.444. The predicted molar refractivity (Wildman–Crippen MR) is 54.2 cm³/mol. The standard InChI is InChI=1S/C9H13N3O2/c1-3-14-9(13)6-4-5-7(11-2)12-8(6)10/h4-5H,3H2,1-2H3,(H3,10,11,12). The van der Waals surface area contributed by atoms with Gasteiger partial charge < -0.3 is 15.8 Å². The minimum absolute atomic E-state index is 0.176. The van der Waals surface area contributed by atoms with Gasteiger partial charge >= 0.3 is 5.97 Å². The number of nitrogens with two attached hydrogens (primary N) is 1. The lowest BCUT2D eigenvalue weighted by molar-refractivity contribution is 0.0527. The van der Waals surface area contributed by atoms with Crippen LogP contribution >= 0.6 is 0 Å². The predicted octanol–water partition coefficient (Wildman–Crippen LogP) is 0.882. The van der Waals surface area contributed by atoms with E-state index >= 15 is 0 Å². The molecule has 1 heterocycles. The Morgan fingerprint density at radius 3 is 2.86 bits per heavy atom. The zero-order chi connectivity index (χ0) is 10.6. The van der Waals surface area contributed by atoms with E-state index in [1.807, 2.05) is 0 Å². The summed E-state index contributed by atoms with van der Waals surface area (Å²) in [5, 5.41) is 2.82. The average molecular weight is 195 g/mol. The Morgan fingerprint density at radius 2 is 2.36 bits per heavy atom. The van der Waals surface area contributed by atoms with E-state index < -0.39 is 5.97 Å². The molecule has 0 atom stereocenters. The normalized spacial score (nSPS) is 9.57. The van der Waals surface area contributed by atoms with Crippen molar-refractivity contribution in [2.24, 2.45) is 0 Å². The SMILES string of the molecule is CCOC(=O)c1ccc(NC)nc1N. The number of hydrogen-bond donors (Lipinski definition) is 2. The van der Waals surface area contributed by atoms with E-state index in [0.717, 1.165) is 0 Å². The molecule has 0 amide bonds. The molecule has 0 bridgehead atoms. The van der Waals surface area contributed by atoms with Crippen molar-refractivity contribution in [2.45, 2.75) is 6.92 Å². The van der Waals surface area contributed by atoms with E-state index in [9.17, 15) is 4.79 Å². The van der Waals surface area contributed by atoms with Gasteiger partial charge in [-0.25, -0.2) is 9.78 Å². The highest BCUT2D eigenvalue weighted by atomic mass is 16.5. The van der Waals surface area contributed by atoms with Gasteiger partial charge in [-0.1, -0.05) is 0 Å². The second kappa shape index (κ2) is 4.45. The van der Waals surface area contributed by atoms with Crippen LogP contribution in [0.2, 0.25) is 0 Å². The molecule has 5 nitrogen and oxygen atoms in total. The summed E-state index contributed by atoms with van der Waals surface area (Å²) in [5.74, 6) is 0.353. The van der Waals surface area contributed by atoms with E-state index in [1.54, 1.807) is 26.1 Å². The van der Waals surface area contributed by atoms with Gasteiger partial charge in [-0.15, -0.1) is 0 Å². The molecule has 0 unspecified atom stereocenters. The van der Waals surface area contributed by atoms with Crippen LogP contribution in [0, 0.1) is 0 Å². The lowest BCUT2D eigenvalue weighted by atomic mass is 10.2. The van der Waals surface area contributed by atoms with Crippen LogP contribution in [0.4, 0.5) is 11.6 Å². The molecular weight excluding hydrogens is 182 g/mol. The molecule has 0 saturated carbocycles. The topological polar surface area (TPSA) is 77.2 Å². The van der Waals surface area contributed by atoms with Crippen molar-refractivity contribution in [3.05, 3.63) is 17.7 Å². The number of anilines is 2. The molecule has 3 N–H and O–H groups in total. The second-order valence-electron chi connectivity index (χ2n) is 2.60. The van der Waals surface area contributed by atoms with Crippen molar-refractivity contribution in [2.75, 3.05) is 24.7 Å². The third-order valence-corrected chi connectivity index (χ3v) is 1.68. The summed E-state index contributed by atoms with van der Waals surface area (Å²) in [7, 11) is 1.73. The number of pyridine rings is 1. The number of ether oxygens (including phenoxy) is 1. The van der Waals surface area contributed by atoms with Crippen LogP contribution in [0.3, 0.4) is 0 Å². The molecule has 0 radical (unpaired) electrons. The molecule has 5 heteroatoms. The molecule has 76 valence electrons. The number of aromatic nitrogens is 1. The molecule has 0 spiro atoms. The number of rotatable bonds is 3. The maximum absolute atomic E-state index is 11.3. The Hall–Kier alpha value is -1.78. The zero-order valence-corrected chi connectivity index (χ0v) is 8.20. The quantitative estimate of drug-likeness (QED) is 0.700. The first-order valence-corrected chi connectivity index (χ1v) is 4.30. The Labute approximate surface area is 82.3 Å². The first kappa shape index (κ1) is 10.3. The maximum atomic E-state index is 11.3. The summed E-state index contributed by atoms with van der Waals surface area (Å²) < 4.78 is 4.80. The van der Waals surface area contributed by atoms with Crippen molar-refractivity contribution in [1.29, 1.82) is 0 Å². The monoisotopic (exact) mass is 195 g/mol. The number of carbonyl (C=O) groups excluding carboxylic acids is 1. The molecular formula is C9H13N3O2. The van der Waals surface area contributed by atoms with Gasteiger partial charge in [0, 0.05) is 7.05 Å². The van der Waals surface area contributed by atoms with E-state index in [0.29, 0.717) is 18.0 Å². The van der Waals surface area contributed by atoms with Gasteiger partial charge in [-0.2, -0.15) is 0 Å². The molecule has 1 rings (SSSR count). The van der Waals surface area contributed by atoms with Crippen LogP contribution in [0.1, 0.15) is 17.3 Å². The first-order valence-electron chi connectivity index (χ1n) is 4.30. The van der Waals surface area contributed by atoms with Crippen LogP contribution < -0.4 is 11.1 Å². The number of carbonyl (C=O) groups is 1. The van der Waals surface area contributed by atoms with Crippen LogP contribution in [0.15, 0.2) is 12.1 Å². The summed E-state index contributed by atoms with van der Waals surface area (Å²) in [6.45, 7) is 2.07. The molecule has 1 aromatic rings. The van der Waals surface area contributed by atoms with Crippen LogP contribution in [-0.2, 0) is 4.74 Å². The van der Waals surface area contributed by atoms with E-state index in [-0.39, 0.29) is 5.82 Å². The van der Waals surface area contributed by atoms with Gasteiger partial charge in [0.05, 0.1) is 6.61 Å². The molecule has 0 aliphatic carbocycles. The van der Waals surface area contributed by atoms with Crippen molar-refractivity contribution in [3.8, 4) is 0 Å². The number of esters is 1. The maximum Gasteiger partial charge on any atom is 0.341 e. The van der Waals surface area contributed by atoms with E-state index in [4.69, 9.17) is 10.5 Å². The second-order valence-corrected chi connectivity index (χ2v) is 2.60. The van der Waals surface area contributed by atoms with Gasteiger partial charge in [-0.3, -0.25) is 0 Å². The molecule has 14 heavy (non-hydrogen) atoms. The Bertz CT molecular complexity index is 339. The Kier molecular flexibility index (Phi) is 3.28. The summed E-state index contributed by atoms with van der Waals surface area (Å²) >= 11 is 0.